The molecule has 0 saturated heterocycles. The Kier molecular flexibility index (Phi) is 3.12. The maximum Gasteiger partial charge on any atom is 0.133 e. The molecule has 2 rings (SSSR count). The first-order valence-electron chi connectivity index (χ1n) is 6.04. The Morgan fingerprint density at radius 1 is 0.944 bits per heavy atom. The van der Waals surface area contributed by atoms with Crippen molar-refractivity contribution in [2.45, 2.75) is 26.2 Å². The summed E-state index contributed by atoms with van der Waals surface area (Å²) in [5.41, 5.74) is 8.80. The summed E-state index contributed by atoms with van der Waals surface area (Å²) in [7, 11) is 0. The molecule has 2 aromatic carbocycles. The van der Waals surface area contributed by atoms with Gasteiger partial charge in [-0.3, -0.25) is 0 Å². The van der Waals surface area contributed by atoms with E-state index in [1.165, 1.54) is 11.6 Å². The molecule has 1 nitrogen and oxygen atoms in total. The van der Waals surface area contributed by atoms with Gasteiger partial charge in [0.2, 0.25) is 0 Å². The summed E-state index contributed by atoms with van der Waals surface area (Å²) in [5.74, 6) is -0.279. The van der Waals surface area contributed by atoms with Crippen molar-refractivity contribution in [3.05, 3.63) is 53.8 Å². The fraction of sp³-hybridized carbons (Fsp3) is 0.250. The van der Waals surface area contributed by atoms with Crippen molar-refractivity contribution in [1.82, 2.24) is 0 Å². The van der Waals surface area contributed by atoms with E-state index in [0.29, 0.717) is 11.3 Å². The molecule has 18 heavy (non-hydrogen) atoms. The Morgan fingerprint density at radius 3 is 2.06 bits per heavy atom. The Balaban J connectivity index is 2.41. The lowest BCUT2D eigenvalue weighted by Gasteiger charge is -2.19. The van der Waals surface area contributed by atoms with Crippen molar-refractivity contribution in [3.63, 3.8) is 0 Å². The average molecular weight is 243 g/mol. The SMILES string of the molecule is CC(C)(C)c1ccc(-c2ccc(N)cc2F)cc1. The van der Waals surface area contributed by atoms with E-state index < -0.39 is 0 Å². The van der Waals surface area contributed by atoms with Gasteiger partial charge in [0, 0.05) is 11.3 Å². The van der Waals surface area contributed by atoms with Crippen molar-refractivity contribution in [1.29, 1.82) is 0 Å². The largest absolute Gasteiger partial charge is 0.399 e. The number of nitrogen functional groups attached to an aromatic ring is 1. The normalized spacial score (nSPS) is 11.6. The Hall–Kier alpha value is -1.83. The van der Waals surface area contributed by atoms with E-state index in [-0.39, 0.29) is 11.2 Å². The van der Waals surface area contributed by atoms with E-state index in [1.54, 1.807) is 12.1 Å². The molecule has 0 amide bonds. The number of hydrogen-bond acceptors (Lipinski definition) is 1. The lowest BCUT2D eigenvalue weighted by atomic mass is 9.86. The minimum atomic E-state index is -0.279. The van der Waals surface area contributed by atoms with Crippen LogP contribution in [0.2, 0.25) is 0 Å². The molecule has 0 aliphatic heterocycles. The van der Waals surface area contributed by atoms with Gasteiger partial charge in [-0.1, -0.05) is 45.0 Å². The summed E-state index contributed by atoms with van der Waals surface area (Å²) in [6, 6.07) is 12.8. The molecule has 0 atom stereocenters. The van der Waals surface area contributed by atoms with Crippen LogP contribution < -0.4 is 5.73 Å². The topological polar surface area (TPSA) is 26.0 Å². The molecule has 2 N–H and O–H groups in total. The Bertz CT molecular complexity index is 550. The zero-order valence-corrected chi connectivity index (χ0v) is 11.0. The predicted octanol–water partition coefficient (Wildman–Crippen LogP) is 4.37. The van der Waals surface area contributed by atoms with Crippen molar-refractivity contribution in [2.75, 3.05) is 5.73 Å². The van der Waals surface area contributed by atoms with Crippen molar-refractivity contribution >= 4 is 5.69 Å². The molecule has 0 bridgehead atoms. The van der Waals surface area contributed by atoms with Crippen LogP contribution in [-0.4, -0.2) is 0 Å². The van der Waals surface area contributed by atoms with Gasteiger partial charge >= 0.3 is 0 Å². The molecular weight excluding hydrogens is 225 g/mol. The van der Waals surface area contributed by atoms with Crippen molar-refractivity contribution < 1.29 is 4.39 Å². The van der Waals surface area contributed by atoms with Crippen LogP contribution in [0.3, 0.4) is 0 Å². The molecule has 0 fully saturated rings. The summed E-state index contributed by atoms with van der Waals surface area (Å²) < 4.78 is 13.8. The zero-order chi connectivity index (χ0) is 13.3. The molecule has 0 aliphatic carbocycles. The maximum absolute atomic E-state index is 13.8. The average Bonchev–Trinajstić information content (AvgIpc) is 2.28. The number of rotatable bonds is 1. The van der Waals surface area contributed by atoms with Crippen LogP contribution in [-0.2, 0) is 5.41 Å². The van der Waals surface area contributed by atoms with E-state index in [4.69, 9.17) is 5.73 Å². The third kappa shape index (κ3) is 2.53. The molecular formula is C16H18FN. The molecule has 2 aromatic rings. The van der Waals surface area contributed by atoms with E-state index in [2.05, 4.69) is 20.8 Å². The van der Waals surface area contributed by atoms with Gasteiger partial charge in [-0.25, -0.2) is 4.39 Å². The maximum atomic E-state index is 13.8. The molecule has 0 unspecified atom stereocenters. The minimum absolute atomic E-state index is 0.109. The van der Waals surface area contributed by atoms with Gasteiger partial charge in [-0.15, -0.1) is 0 Å². The quantitative estimate of drug-likeness (QED) is 0.739. The predicted molar refractivity (Wildman–Crippen MR) is 74.9 cm³/mol. The summed E-state index contributed by atoms with van der Waals surface area (Å²) in [5, 5.41) is 0. The van der Waals surface area contributed by atoms with Gasteiger partial charge in [0.1, 0.15) is 5.82 Å². The minimum Gasteiger partial charge on any atom is -0.399 e. The smallest absolute Gasteiger partial charge is 0.133 e. The standard InChI is InChI=1S/C16H18FN/c1-16(2,3)12-6-4-11(5-7-12)14-9-8-13(18)10-15(14)17/h4-10H,18H2,1-3H3. The zero-order valence-electron chi connectivity index (χ0n) is 11.0. The summed E-state index contributed by atoms with van der Waals surface area (Å²) in [6.45, 7) is 6.48. The Labute approximate surface area is 107 Å². The van der Waals surface area contributed by atoms with Gasteiger partial charge in [-0.2, -0.15) is 0 Å². The fourth-order valence-corrected chi connectivity index (χ4v) is 1.92. The van der Waals surface area contributed by atoms with E-state index in [1.807, 2.05) is 24.3 Å². The Morgan fingerprint density at radius 2 is 1.56 bits per heavy atom. The number of hydrogen-bond donors (Lipinski definition) is 1. The second-order valence-electron chi connectivity index (χ2n) is 5.57. The first kappa shape index (κ1) is 12.6. The van der Waals surface area contributed by atoms with Crippen LogP contribution >= 0.6 is 0 Å². The first-order chi connectivity index (χ1) is 8.38. The van der Waals surface area contributed by atoms with Crippen molar-refractivity contribution in [2.24, 2.45) is 0 Å². The van der Waals surface area contributed by atoms with Crippen LogP contribution in [0, 0.1) is 5.82 Å². The first-order valence-corrected chi connectivity index (χ1v) is 6.04. The molecule has 0 saturated carbocycles. The van der Waals surface area contributed by atoms with Gasteiger partial charge in [0.05, 0.1) is 0 Å². The summed E-state index contributed by atoms with van der Waals surface area (Å²) >= 11 is 0. The second-order valence-corrected chi connectivity index (χ2v) is 5.57. The number of halogens is 1. The molecule has 94 valence electrons. The lowest BCUT2D eigenvalue weighted by Crippen LogP contribution is -2.10. The molecule has 0 aromatic heterocycles. The fourth-order valence-electron chi connectivity index (χ4n) is 1.92. The third-order valence-electron chi connectivity index (χ3n) is 3.06. The highest BCUT2D eigenvalue weighted by Crippen LogP contribution is 2.28. The van der Waals surface area contributed by atoms with E-state index in [0.717, 1.165) is 5.56 Å². The van der Waals surface area contributed by atoms with Crippen LogP contribution in [0.1, 0.15) is 26.3 Å². The summed E-state index contributed by atoms with van der Waals surface area (Å²) in [4.78, 5) is 0. The molecule has 0 heterocycles. The molecule has 0 radical (unpaired) electrons. The van der Waals surface area contributed by atoms with Crippen molar-refractivity contribution in [3.8, 4) is 11.1 Å². The molecule has 0 spiro atoms. The van der Waals surface area contributed by atoms with Gasteiger partial charge in [0.15, 0.2) is 0 Å². The van der Waals surface area contributed by atoms with Gasteiger partial charge < -0.3 is 5.73 Å². The molecule has 2 heteroatoms. The van der Waals surface area contributed by atoms with Crippen LogP contribution in [0.5, 0.6) is 0 Å². The monoisotopic (exact) mass is 243 g/mol. The van der Waals surface area contributed by atoms with Crippen LogP contribution in [0.15, 0.2) is 42.5 Å². The van der Waals surface area contributed by atoms with Crippen LogP contribution in [0.25, 0.3) is 11.1 Å². The van der Waals surface area contributed by atoms with Gasteiger partial charge in [0.25, 0.3) is 0 Å². The highest BCUT2D eigenvalue weighted by molar-refractivity contribution is 5.66. The molecule has 0 aliphatic rings. The third-order valence-corrected chi connectivity index (χ3v) is 3.06. The van der Waals surface area contributed by atoms with Gasteiger partial charge in [-0.05, 0) is 34.7 Å². The van der Waals surface area contributed by atoms with E-state index >= 15 is 0 Å². The van der Waals surface area contributed by atoms with E-state index in [9.17, 15) is 4.39 Å². The number of nitrogens with two attached hydrogens (primary N) is 1. The van der Waals surface area contributed by atoms with Crippen LogP contribution in [0.4, 0.5) is 10.1 Å². The highest BCUT2D eigenvalue weighted by Gasteiger charge is 2.13. The summed E-state index contributed by atoms with van der Waals surface area (Å²) in [6.07, 6.45) is 0. The highest BCUT2D eigenvalue weighted by atomic mass is 19.1. The number of anilines is 1. The lowest BCUT2D eigenvalue weighted by molar-refractivity contribution is 0.590. The number of benzene rings is 2. The second kappa shape index (κ2) is 4.45.